The van der Waals surface area contributed by atoms with Gasteiger partial charge in [-0.05, 0) is 19.8 Å². The molecule has 6 nitrogen and oxygen atoms in total. The second kappa shape index (κ2) is 4.99. The van der Waals surface area contributed by atoms with Crippen LogP contribution in [0.1, 0.15) is 31.5 Å². The lowest BCUT2D eigenvalue weighted by Gasteiger charge is -2.26. The first-order chi connectivity index (χ1) is 8.47. The molecule has 1 aliphatic carbocycles. The summed E-state index contributed by atoms with van der Waals surface area (Å²) in [6.45, 7) is 2.01. The number of rotatable bonds is 5. The number of hydrogen-bond acceptors (Lipinski definition) is 4. The molecule has 0 saturated heterocycles. The Bertz CT molecular complexity index is 503. The summed E-state index contributed by atoms with van der Waals surface area (Å²) in [7, 11) is -3.55. The van der Waals surface area contributed by atoms with Crippen LogP contribution in [-0.2, 0) is 10.0 Å². The Labute approximate surface area is 107 Å². The number of aromatic nitrogens is 2. The fraction of sp³-hybridized carbons (Fsp3) is 0.727. The average Bonchev–Trinajstić information content (AvgIpc) is 2.96. The molecule has 0 spiro atoms. The molecule has 1 saturated carbocycles. The lowest BCUT2D eigenvalue weighted by molar-refractivity contribution is 0.134. The molecule has 0 amide bonds. The monoisotopic (exact) mass is 273 g/mol. The van der Waals surface area contributed by atoms with Crippen molar-refractivity contribution in [3.8, 4) is 0 Å². The third-order valence-corrected chi connectivity index (χ3v) is 4.92. The number of aryl methyl sites for hydroxylation is 1. The van der Waals surface area contributed by atoms with Crippen LogP contribution in [0.4, 0.5) is 0 Å². The lowest BCUT2D eigenvalue weighted by atomic mass is 9.88. The van der Waals surface area contributed by atoms with Crippen molar-refractivity contribution in [3.63, 3.8) is 0 Å². The van der Waals surface area contributed by atoms with Gasteiger partial charge in [-0.25, -0.2) is 18.1 Å². The molecule has 0 aromatic carbocycles. The second-order valence-electron chi connectivity index (χ2n) is 5.02. The van der Waals surface area contributed by atoms with Crippen molar-refractivity contribution < 1.29 is 13.5 Å². The molecule has 0 bridgehead atoms. The molecular weight excluding hydrogens is 254 g/mol. The van der Waals surface area contributed by atoms with Gasteiger partial charge in [0.25, 0.3) is 10.0 Å². The van der Waals surface area contributed by atoms with Gasteiger partial charge >= 0.3 is 0 Å². The summed E-state index contributed by atoms with van der Waals surface area (Å²) >= 11 is 0. The highest BCUT2D eigenvalue weighted by atomic mass is 32.2. The summed E-state index contributed by atoms with van der Waals surface area (Å²) < 4.78 is 26.6. The zero-order valence-electron chi connectivity index (χ0n) is 10.4. The molecule has 1 aromatic heterocycles. The van der Waals surface area contributed by atoms with E-state index in [4.69, 9.17) is 0 Å². The first-order valence-corrected chi connectivity index (χ1v) is 7.58. The minimum absolute atomic E-state index is 0.0253. The Morgan fingerprint density at radius 3 is 2.67 bits per heavy atom. The van der Waals surface area contributed by atoms with E-state index in [1.54, 1.807) is 6.92 Å². The van der Waals surface area contributed by atoms with Crippen molar-refractivity contribution in [1.29, 1.82) is 0 Å². The summed E-state index contributed by atoms with van der Waals surface area (Å²) in [6, 6.07) is 0. The van der Waals surface area contributed by atoms with E-state index in [0.717, 1.165) is 25.7 Å². The van der Waals surface area contributed by atoms with E-state index in [-0.39, 0.29) is 23.6 Å². The first kappa shape index (κ1) is 13.5. The maximum absolute atomic E-state index is 12.0. The van der Waals surface area contributed by atoms with Crippen molar-refractivity contribution in [1.82, 2.24) is 14.7 Å². The van der Waals surface area contributed by atoms with E-state index in [9.17, 15) is 13.5 Å². The van der Waals surface area contributed by atoms with Crippen LogP contribution in [0, 0.1) is 12.3 Å². The number of sulfonamides is 1. The van der Waals surface area contributed by atoms with Crippen LogP contribution < -0.4 is 4.72 Å². The van der Waals surface area contributed by atoms with Gasteiger partial charge in [0, 0.05) is 18.6 Å². The van der Waals surface area contributed by atoms with Crippen LogP contribution in [-0.4, -0.2) is 36.6 Å². The number of aliphatic hydroxyl groups excluding tert-OH is 1. The minimum atomic E-state index is -3.55. The molecule has 18 heavy (non-hydrogen) atoms. The van der Waals surface area contributed by atoms with Crippen molar-refractivity contribution >= 4 is 10.0 Å². The smallest absolute Gasteiger partial charge is 0.257 e. The predicted molar refractivity (Wildman–Crippen MR) is 66.5 cm³/mol. The van der Waals surface area contributed by atoms with Gasteiger partial charge in [0.2, 0.25) is 0 Å². The molecule has 2 rings (SSSR count). The van der Waals surface area contributed by atoms with Crippen molar-refractivity contribution in [3.05, 3.63) is 12.0 Å². The number of aliphatic hydroxyl groups is 1. The molecular formula is C11H19N3O3S. The zero-order valence-corrected chi connectivity index (χ0v) is 11.3. The SMILES string of the molecule is Cc1ncc(S(=O)(=O)NCC2(CO)CCCC2)[nH]1. The van der Waals surface area contributed by atoms with Gasteiger partial charge in [0.15, 0.2) is 5.03 Å². The Morgan fingerprint density at radius 1 is 1.50 bits per heavy atom. The van der Waals surface area contributed by atoms with Crippen LogP contribution in [0.3, 0.4) is 0 Å². The number of aromatic amines is 1. The third kappa shape index (κ3) is 2.73. The molecule has 0 radical (unpaired) electrons. The van der Waals surface area contributed by atoms with Crippen molar-refractivity contribution in [2.45, 2.75) is 37.6 Å². The zero-order chi connectivity index (χ0) is 13.2. The highest BCUT2D eigenvalue weighted by molar-refractivity contribution is 7.89. The van der Waals surface area contributed by atoms with E-state index in [1.165, 1.54) is 6.20 Å². The molecule has 1 aliphatic rings. The normalized spacial score (nSPS) is 19.2. The molecule has 1 fully saturated rings. The minimum Gasteiger partial charge on any atom is -0.396 e. The molecule has 0 aliphatic heterocycles. The van der Waals surface area contributed by atoms with Crippen LogP contribution in [0.15, 0.2) is 11.2 Å². The summed E-state index contributed by atoms with van der Waals surface area (Å²) in [4.78, 5) is 6.57. The Morgan fingerprint density at radius 2 is 2.17 bits per heavy atom. The van der Waals surface area contributed by atoms with E-state index in [1.807, 2.05) is 0 Å². The van der Waals surface area contributed by atoms with Gasteiger partial charge in [0.05, 0.1) is 6.20 Å². The third-order valence-electron chi connectivity index (χ3n) is 3.61. The van der Waals surface area contributed by atoms with Gasteiger partial charge in [0.1, 0.15) is 5.82 Å². The second-order valence-corrected chi connectivity index (χ2v) is 6.76. The van der Waals surface area contributed by atoms with Gasteiger partial charge in [-0.3, -0.25) is 0 Å². The number of hydrogen-bond donors (Lipinski definition) is 3. The topological polar surface area (TPSA) is 95.1 Å². The van der Waals surface area contributed by atoms with Crippen molar-refractivity contribution in [2.24, 2.45) is 5.41 Å². The fourth-order valence-corrected chi connectivity index (χ4v) is 3.50. The predicted octanol–water partition coefficient (Wildman–Crippen LogP) is 0.549. The van der Waals surface area contributed by atoms with Crippen molar-refractivity contribution in [2.75, 3.05) is 13.2 Å². The summed E-state index contributed by atoms with van der Waals surface area (Å²) in [5, 5.41) is 9.51. The van der Waals surface area contributed by atoms with Gasteiger partial charge < -0.3 is 10.1 Å². The van der Waals surface area contributed by atoms with Gasteiger partial charge in [-0.2, -0.15) is 0 Å². The van der Waals surface area contributed by atoms with Crippen LogP contribution >= 0.6 is 0 Å². The fourth-order valence-electron chi connectivity index (χ4n) is 2.38. The van der Waals surface area contributed by atoms with Gasteiger partial charge in [-0.15, -0.1) is 0 Å². The summed E-state index contributed by atoms with van der Waals surface area (Å²) in [5.74, 6) is 0.563. The van der Waals surface area contributed by atoms with Crippen LogP contribution in [0.5, 0.6) is 0 Å². The highest BCUT2D eigenvalue weighted by Gasteiger charge is 2.34. The van der Waals surface area contributed by atoms with E-state index in [0.29, 0.717) is 5.82 Å². The first-order valence-electron chi connectivity index (χ1n) is 6.10. The molecule has 3 N–H and O–H groups in total. The van der Waals surface area contributed by atoms with E-state index < -0.39 is 10.0 Å². The number of H-pyrrole nitrogens is 1. The van der Waals surface area contributed by atoms with E-state index >= 15 is 0 Å². The van der Waals surface area contributed by atoms with Crippen LogP contribution in [0.2, 0.25) is 0 Å². The average molecular weight is 273 g/mol. The number of nitrogens with zero attached hydrogens (tertiary/aromatic N) is 1. The Hall–Kier alpha value is -0.920. The molecule has 0 unspecified atom stereocenters. The summed E-state index contributed by atoms with van der Waals surface area (Å²) in [5.41, 5.74) is -0.290. The Balaban J connectivity index is 2.05. The quantitative estimate of drug-likeness (QED) is 0.730. The molecule has 102 valence electrons. The molecule has 7 heteroatoms. The van der Waals surface area contributed by atoms with Gasteiger partial charge in [-0.1, -0.05) is 12.8 Å². The lowest BCUT2D eigenvalue weighted by Crippen LogP contribution is -2.38. The molecule has 0 atom stereocenters. The molecule has 1 heterocycles. The largest absolute Gasteiger partial charge is 0.396 e. The van der Waals surface area contributed by atoms with E-state index in [2.05, 4.69) is 14.7 Å². The number of nitrogens with one attached hydrogen (secondary N) is 2. The maximum Gasteiger partial charge on any atom is 0.257 e. The standard InChI is InChI=1S/C11H19N3O3S/c1-9-12-6-10(14-9)18(16,17)13-7-11(8-15)4-2-3-5-11/h6,13,15H,2-5,7-8H2,1H3,(H,12,14). The maximum atomic E-state index is 12.0. The number of imidazole rings is 1. The highest BCUT2D eigenvalue weighted by Crippen LogP contribution is 2.37. The molecule has 1 aromatic rings. The van der Waals surface area contributed by atoms with Crippen LogP contribution in [0.25, 0.3) is 0 Å². The summed E-state index contributed by atoms with van der Waals surface area (Å²) in [6.07, 6.45) is 5.14. The Kier molecular flexibility index (Phi) is 3.74.